The van der Waals surface area contributed by atoms with Gasteiger partial charge in [0.15, 0.2) is 12.5 Å². The van der Waals surface area contributed by atoms with Crippen LogP contribution in [0, 0.1) is 0 Å². The number of para-hydroxylation sites is 1. The third-order valence-electron chi connectivity index (χ3n) is 7.22. The molecule has 0 spiro atoms. The molecule has 3 aliphatic heterocycles. The summed E-state index contributed by atoms with van der Waals surface area (Å²) in [4.78, 5) is 31.0. The van der Waals surface area contributed by atoms with Gasteiger partial charge in [-0.15, -0.1) is 0 Å². The van der Waals surface area contributed by atoms with E-state index in [9.17, 15) is 22.8 Å². The van der Waals surface area contributed by atoms with Gasteiger partial charge in [0.25, 0.3) is 0 Å². The molecular weight excluding hydrogens is 473 g/mol. The van der Waals surface area contributed by atoms with E-state index in [2.05, 4.69) is 21.2 Å². The SMILES string of the molecule is O=CC1Nc2c(N3CCOCC3)cccc2N1C1CCN(C(=O)Cc2ccc(C(F)(F)F)cc2)CC1. The van der Waals surface area contributed by atoms with Crippen molar-refractivity contribution in [1.29, 1.82) is 0 Å². The summed E-state index contributed by atoms with van der Waals surface area (Å²) < 4.78 is 43.8. The number of carbonyl (C=O) groups excluding carboxylic acids is 2. The summed E-state index contributed by atoms with van der Waals surface area (Å²) in [5.74, 6) is -0.102. The number of piperidine rings is 1. The van der Waals surface area contributed by atoms with Crippen LogP contribution < -0.4 is 15.1 Å². The molecule has 0 radical (unpaired) electrons. The van der Waals surface area contributed by atoms with Crippen LogP contribution in [-0.2, 0) is 26.9 Å². The highest BCUT2D eigenvalue weighted by molar-refractivity contribution is 5.92. The van der Waals surface area contributed by atoms with Crippen molar-refractivity contribution in [1.82, 2.24) is 4.90 Å². The van der Waals surface area contributed by atoms with E-state index in [4.69, 9.17) is 4.74 Å². The van der Waals surface area contributed by atoms with Gasteiger partial charge in [0.2, 0.25) is 5.91 Å². The molecule has 10 heteroatoms. The predicted molar refractivity (Wildman–Crippen MR) is 130 cm³/mol. The first-order valence-corrected chi connectivity index (χ1v) is 12.2. The van der Waals surface area contributed by atoms with Gasteiger partial charge < -0.3 is 24.8 Å². The molecular formula is C26H29F3N4O3. The second-order valence-electron chi connectivity index (χ2n) is 9.39. The van der Waals surface area contributed by atoms with Crippen molar-refractivity contribution in [2.45, 2.75) is 37.6 Å². The van der Waals surface area contributed by atoms with Crippen LogP contribution in [0.4, 0.5) is 30.2 Å². The molecule has 7 nitrogen and oxygen atoms in total. The third-order valence-corrected chi connectivity index (χ3v) is 7.22. The minimum absolute atomic E-state index is 0.0662. The Kier molecular flexibility index (Phi) is 6.79. The van der Waals surface area contributed by atoms with Crippen molar-refractivity contribution in [2.75, 3.05) is 54.5 Å². The number of anilines is 3. The number of hydrogen-bond acceptors (Lipinski definition) is 6. The number of morpholine rings is 1. The summed E-state index contributed by atoms with van der Waals surface area (Å²) in [7, 11) is 0. The van der Waals surface area contributed by atoms with E-state index in [1.807, 2.05) is 12.1 Å². The van der Waals surface area contributed by atoms with E-state index >= 15 is 0 Å². The van der Waals surface area contributed by atoms with Crippen molar-refractivity contribution >= 4 is 29.3 Å². The van der Waals surface area contributed by atoms with Crippen molar-refractivity contribution < 1.29 is 27.5 Å². The molecule has 1 atom stereocenters. The van der Waals surface area contributed by atoms with E-state index < -0.39 is 17.9 Å². The van der Waals surface area contributed by atoms with E-state index in [0.29, 0.717) is 44.7 Å². The predicted octanol–water partition coefficient (Wildman–Crippen LogP) is 3.53. The maximum Gasteiger partial charge on any atom is 0.416 e. The highest BCUT2D eigenvalue weighted by Crippen LogP contribution is 2.44. The Balaban J connectivity index is 1.24. The van der Waals surface area contributed by atoms with Crippen molar-refractivity contribution in [3.63, 3.8) is 0 Å². The number of carbonyl (C=O) groups is 2. The minimum atomic E-state index is -4.39. The monoisotopic (exact) mass is 502 g/mol. The second-order valence-corrected chi connectivity index (χ2v) is 9.39. The van der Waals surface area contributed by atoms with Crippen LogP contribution in [0.3, 0.4) is 0 Å². The number of nitrogens with zero attached hydrogens (tertiary/aromatic N) is 3. The molecule has 36 heavy (non-hydrogen) atoms. The molecule has 0 saturated carbocycles. The summed E-state index contributed by atoms with van der Waals surface area (Å²) >= 11 is 0. The van der Waals surface area contributed by atoms with E-state index in [1.165, 1.54) is 12.1 Å². The zero-order chi connectivity index (χ0) is 25.3. The van der Waals surface area contributed by atoms with Gasteiger partial charge in [-0.1, -0.05) is 18.2 Å². The lowest BCUT2D eigenvalue weighted by molar-refractivity contribution is -0.137. The number of rotatable bonds is 5. The molecule has 2 aromatic rings. The number of alkyl halides is 3. The summed E-state index contributed by atoms with van der Waals surface area (Å²) in [6, 6.07) is 10.9. The van der Waals surface area contributed by atoms with Crippen LogP contribution in [0.15, 0.2) is 42.5 Å². The Morgan fingerprint density at radius 3 is 2.31 bits per heavy atom. The fourth-order valence-electron chi connectivity index (χ4n) is 5.34. The lowest BCUT2D eigenvalue weighted by Crippen LogP contribution is -2.51. The lowest BCUT2D eigenvalue weighted by atomic mass is 10.0. The summed E-state index contributed by atoms with van der Waals surface area (Å²) in [6.45, 7) is 3.99. The highest BCUT2D eigenvalue weighted by atomic mass is 19.4. The number of ether oxygens (including phenoxy) is 1. The standard InChI is InChI=1S/C26H29F3N4O3/c27-26(28,29)19-6-4-18(5-7-19)16-24(35)32-10-8-20(9-11-32)33-22-3-1-2-21(25(22)30-23(33)17-34)31-12-14-36-15-13-31/h1-7,17,20,23,30H,8-16H2. The Morgan fingerprint density at radius 1 is 1.00 bits per heavy atom. The zero-order valence-electron chi connectivity index (χ0n) is 19.8. The molecule has 3 heterocycles. The van der Waals surface area contributed by atoms with Gasteiger partial charge in [0.1, 0.15) is 0 Å². The van der Waals surface area contributed by atoms with Crippen LogP contribution in [-0.4, -0.2) is 68.7 Å². The molecule has 3 aliphatic rings. The maximum absolute atomic E-state index is 12.8. The normalized spacial score (nSPS) is 20.8. The lowest BCUT2D eigenvalue weighted by Gasteiger charge is -2.39. The zero-order valence-corrected chi connectivity index (χ0v) is 19.8. The number of hydrogen-bond donors (Lipinski definition) is 1. The fraction of sp³-hybridized carbons (Fsp3) is 0.462. The van der Waals surface area contributed by atoms with Gasteiger partial charge in [-0.2, -0.15) is 13.2 Å². The molecule has 1 unspecified atom stereocenters. The maximum atomic E-state index is 12.8. The molecule has 2 aromatic carbocycles. The summed E-state index contributed by atoms with van der Waals surface area (Å²) in [6.07, 6.45) is -2.47. The number of fused-ring (bicyclic) bond motifs is 1. The molecule has 2 fully saturated rings. The van der Waals surface area contributed by atoms with Gasteiger partial charge in [0.05, 0.1) is 42.3 Å². The van der Waals surface area contributed by atoms with E-state index in [-0.39, 0.29) is 18.4 Å². The van der Waals surface area contributed by atoms with Crippen molar-refractivity contribution in [2.24, 2.45) is 0 Å². The minimum Gasteiger partial charge on any atom is -0.378 e. The van der Waals surface area contributed by atoms with Gasteiger partial charge in [-0.3, -0.25) is 9.59 Å². The molecule has 192 valence electrons. The van der Waals surface area contributed by atoms with Crippen LogP contribution >= 0.6 is 0 Å². The summed E-state index contributed by atoms with van der Waals surface area (Å²) in [5.41, 5.74) is 2.85. The van der Waals surface area contributed by atoms with Gasteiger partial charge in [-0.25, -0.2) is 0 Å². The molecule has 1 amide bonds. The molecule has 0 aliphatic carbocycles. The second kappa shape index (κ2) is 10.0. The molecule has 2 saturated heterocycles. The first-order valence-electron chi connectivity index (χ1n) is 12.2. The average Bonchev–Trinajstić information content (AvgIpc) is 3.28. The Bertz CT molecular complexity index is 1090. The largest absolute Gasteiger partial charge is 0.416 e. The Hall–Kier alpha value is -3.27. The van der Waals surface area contributed by atoms with E-state index in [0.717, 1.165) is 48.6 Å². The third kappa shape index (κ3) is 4.86. The fourth-order valence-corrected chi connectivity index (χ4v) is 5.34. The van der Waals surface area contributed by atoms with Crippen LogP contribution in [0.5, 0.6) is 0 Å². The Morgan fingerprint density at radius 2 is 1.67 bits per heavy atom. The molecule has 0 bridgehead atoms. The first-order chi connectivity index (χ1) is 17.3. The quantitative estimate of drug-likeness (QED) is 0.632. The van der Waals surface area contributed by atoms with Gasteiger partial charge >= 0.3 is 6.18 Å². The van der Waals surface area contributed by atoms with Crippen LogP contribution in [0.1, 0.15) is 24.0 Å². The van der Waals surface area contributed by atoms with Gasteiger partial charge in [-0.05, 0) is 42.7 Å². The topological polar surface area (TPSA) is 65.1 Å². The van der Waals surface area contributed by atoms with Crippen LogP contribution in [0.25, 0.3) is 0 Å². The number of likely N-dealkylation sites (tertiary alicyclic amines) is 1. The van der Waals surface area contributed by atoms with Crippen LogP contribution in [0.2, 0.25) is 0 Å². The number of amides is 1. The average molecular weight is 503 g/mol. The number of aldehydes is 1. The molecule has 5 rings (SSSR count). The first kappa shape index (κ1) is 24.4. The molecule has 0 aromatic heterocycles. The number of nitrogens with one attached hydrogen (secondary N) is 1. The smallest absolute Gasteiger partial charge is 0.378 e. The van der Waals surface area contributed by atoms with Gasteiger partial charge in [0, 0.05) is 32.2 Å². The molecule has 1 N–H and O–H groups in total. The Labute approximate surface area is 207 Å². The van der Waals surface area contributed by atoms with Crippen molar-refractivity contribution in [3.05, 3.63) is 53.6 Å². The van der Waals surface area contributed by atoms with E-state index in [1.54, 1.807) is 4.90 Å². The highest BCUT2D eigenvalue weighted by Gasteiger charge is 2.38. The number of benzene rings is 2. The number of halogens is 3. The van der Waals surface area contributed by atoms with Crippen molar-refractivity contribution in [3.8, 4) is 0 Å². The summed E-state index contributed by atoms with van der Waals surface area (Å²) in [5, 5.41) is 3.39.